The molecule has 0 radical (unpaired) electrons. The molecule has 1 unspecified atom stereocenters. The number of amides is 1. The molecule has 2 fully saturated rings. The number of ether oxygens (including phenoxy) is 1. The first-order valence-corrected chi connectivity index (χ1v) is 6.25. The number of carbonyl (C=O) groups is 1. The third-order valence-electron chi connectivity index (χ3n) is 3.49. The fourth-order valence-electron chi connectivity index (χ4n) is 2.21. The topological polar surface area (TPSA) is 62.0 Å². The Morgan fingerprint density at radius 2 is 2.00 bits per heavy atom. The average Bonchev–Trinajstić information content (AvgIpc) is 2.69. The highest BCUT2D eigenvalue weighted by Crippen LogP contribution is 2.10. The third kappa shape index (κ3) is 3.31. The Hall–Kier alpha value is -0.850. The lowest BCUT2D eigenvalue weighted by atomic mass is 10.3. The van der Waals surface area contributed by atoms with Crippen molar-refractivity contribution in [3.63, 3.8) is 0 Å². The molecular weight excluding hydrogens is 220 g/mol. The Balaban J connectivity index is 1.70. The Labute approximate surface area is 102 Å². The van der Waals surface area contributed by atoms with E-state index in [0.29, 0.717) is 13.1 Å². The predicted molar refractivity (Wildman–Crippen MR) is 64.8 cm³/mol. The summed E-state index contributed by atoms with van der Waals surface area (Å²) in [6.07, 6.45) is -0.329. The molecule has 1 atom stereocenters. The molecule has 0 aromatic carbocycles. The number of likely N-dealkylation sites (N-methyl/N-ethyl adjacent to an activating group) is 1. The summed E-state index contributed by atoms with van der Waals surface area (Å²) in [7, 11) is 2.14. The van der Waals surface area contributed by atoms with E-state index in [1.807, 2.05) is 0 Å². The third-order valence-corrected chi connectivity index (χ3v) is 3.49. The fraction of sp³-hybridized carbons (Fsp3) is 0.909. The monoisotopic (exact) mass is 242 g/mol. The zero-order valence-electron chi connectivity index (χ0n) is 10.5. The number of rotatable bonds is 4. The Morgan fingerprint density at radius 1 is 1.29 bits per heavy atom. The van der Waals surface area contributed by atoms with Crippen molar-refractivity contribution in [1.29, 1.82) is 0 Å². The summed E-state index contributed by atoms with van der Waals surface area (Å²) in [6, 6.07) is 0. The van der Waals surface area contributed by atoms with Crippen LogP contribution in [0.4, 0.5) is 4.79 Å². The van der Waals surface area contributed by atoms with Crippen LogP contribution >= 0.6 is 0 Å². The molecule has 2 aliphatic heterocycles. The van der Waals surface area contributed by atoms with E-state index in [-0.39, 0.29) is 12.2 Å². The maximum atomic E-state index is 11.5. The molecule has 6 heteroatoms. The summed E-state index contributed by atoms with van der Waals surface area (Å²) in [5.41, 5.74) is 5.49. The van der Waals surface area contributed by atoms with Gasteiger partial charge in [-0.05, 0) is 7.05 Å². The molecule has 2 aliphatic rings. The van der Waals surface area contributed by atoms with E-state index < -0.39 is 0 Å². The first-order chi connectivity index (χ1) is 8.19. The van der Waals surface area contributed by atoms with E-state index in [4.69, 9.17) is 10.5 Å². The number of nitrogens with zero attached hydrogens (tertiary/aromatic N) is 3. The molecule has 2 N–H and O–H groups in total. The van der Waals surface area contributed by atoms with Gasteiger partial charge in [-0.2, -0.15) is 0 Å². The molecule has 0 aromatic rings. The van der Waals surface area contributed by atoms with Crippen LogP contribution in [0.15, 0.2) is 0 Å². The van der Waals surface area contributed by atoms with Crippen LogP contribution in [0, 0.1) is 0 Å². The summed E-state index contributed by atoms with van der Waals surface area (Å²) in [6.45, 7) is 7.12. The van der Waals surface area contributed by atoms with Gasteiger partial charge in [0.1, 0.15) is 6.10 Å². The van der Waals surface area contributed by atoms with Crippen LogP contribution in [-0.4, -0.2) is 86.3 Å². The second-order valence-corrected chi connectivity index (χ2v) is 4.83. The predicted octanol–water partition coefficient (Wildman–Crippen LogP) is -0.987. The Morgan fingerprint density at radius 3 is 2.59 bits per heavy atom. The van der Waals surface area contributed by atoms with Gasteiger partial charge in [-0.15, -0.1) is 0 Å². The molecule has 98 valence electrons. The lowest BCUT2D eigenvalue weighted by Crippen LogP contribution is -2.47. The van der Waals surface area contributed by atoms with Gasteiger partial charge in [-0.25, -0.2) is 4.79 Å². The zero-order chi connectivity index (χ0) is 12.3. The van der Waals surface area contributed by atoms with Crippen LogP contribution in [0.3, 0.4) is 0 Å². The molecule has 1 amide bonds. The maximum absolute atomic E-state index is 11.5. The van der Waals surface area contributed by atoms with Crippen molar-refractivity contribution in [2.45, 2.75) is 6.10 Å². The quantitative estimate of drug-likeness (QED) is 0.686. The van der Waals surface area contributed by atoms with Gasteiger partial charge in [-0.3, -0.25) is 4.90 Å². The van der Waals surface area contributed by atoms with Gasteiger partial charge in [0.25, 0.3) is 0 Å². The van der Waals surface area contributed by atoms with E-state index in [9.17, 15) is 4.79 Å². The molecule has 0 saturated carbocycles. The Kier molecular flexibility index (Phi) is 4.20. The van der Waals surface area contributed by atoms with Crippen molar-refractivity contribution < 1.29 is 9.53 Å². The van der Waals surface area contributed by atoms with E-state index >= 15 is 0 Å². The number of hydrogen-bond acceptors (Lipinski definition) is 5. The normalized spacial score (nSPS) is 27.5. The van der Waals surface area contributed by atoms with Crippen LogP contribution in [0.25, 0.3) is 0 Å². The van der Waals surface area contributed by atoms with Crippen LogP contribution in [0.1, 0.15) is 0 Å². The van der Waals surface area contributed by atoms with Gasteiger partial charge < -0.3 is 20.3 Å². The molecule has 2 heterocycles. The largest absolute Gasteiger partial charge is 0.443 e. The molecule has 0 aromatic heterocycles. The van der Waals surface area contributed by atoms with E-state index in [1.54, 1.807) is 4.90 Å². The lowest BCUT2D eigenvalue weighted by molar-refractivity contribution is 0.126. The molecule has 17 heavy (non-hydrogen) atoms. The summed E-state index contributed by atoms with van der Waals surface area (Å²) >= 11 is 0. The molecule has 2 saturated heterocycles. The maximum Gasteiger partial charge on any atom is 0.410 e. The highest BCUT2D eigenvalue weighted by atomic mass is 16.6. The molecule has 0 spiro atoms. The highest BCUT2D eigenvalue weighted by molar-refractivity contribution is 5.69. The first-order valence-electron chi connectivity index (χ1n) is 6.25. The first kappa shape index (κ1) is 12.6. The van der Waals surface area contributed by atoms with Crippen molar-refractivity contribution in [1.82, 2.24) is 14.7 Å². The average molecular weight is 242 g/mol. The van der Waals surface area contributed by atoms with Gasteiger partial charge >= 0.3 is 6.09 Å². The minimum Gasteiger partial charge on any atom is -0.443 e. The minimum absolute atomic E-state index is 0.116. The van der Waals surface area contributed by atoms with E-state index in [0.717, 1.165) is 39.3 Å². The molecule has 0 bridgehead atoms. The summed E-state index contributed by atoms with van der Waals surface area (Å²) < 4.78 is 5.12. The van der Waals surface area contributed by atoms with Gasteiger partial charge in [-0.1, -0.05) is 0 Å². The second kappa shape index (κ2) is 5.66. The van der Waals surface area contributed by atoms with Gasteiger partial charge in [0.15, 0.2) is 0 Å². The number of cyclic esters (lactones) is 1. The minimum atomic E-state index is -0.213. The molecule has 0 aliphatic carbocycles. The van der Waals surface area contributed by atoms with Crippen LogP contribution in [-0.2, 0) is 4.74 Å². The van der Waals surface area contributed by atoms with Crippen LogP contribution < -0.4 is 5.73 Å². The van der Waals surface area contributed by atoms with Crippen LogP contribution in [0.2, 0.25) is 0 Å². The van der Waals surface area contributed by atoms with Crippen molar-refractivity contribution in [3.8, 4) is 0 Å². The summed E-state index contributed by atoms with van der Waals surface area (Å²) in [5.74, 6) is 0. The van der Waals surface area contributed by atoms with Crippen molar-refractivity contribution in [2.24, 2.45) is 5.73 Å². The summed E-state index contributed by atoms with van der Waals surface area (Å²) in [4.78, 5) is 18.0. The second-order valence-electron chi connectivity index (χ2n) is 4.83. The molecular formula is C11H22N4O2. The SMILES string of the molecule is CN1CCN(CCN2CC(CN)OC2=O)CC1. The van der Waals surface area contributed by atoms with Crippen molar-refractivity contribution >= 4 is 6.09 Å². The Bertz CT molecular complexity index is 266. The molecule has 2 rings (SSSR count). The number of hydrogen-bond donors (Lipinski definition) is 1. The number of piperazine rings is 1. The number of nitrogens with two attached hydrogens (primary N) is 1. The highest BCUT2D eigenvalue weighted by Gasteiger charge is 2.30. The zero-order valence-corrected chi connectivity index (χ0v) is 10.5. The van der Waals surface area contributed by atoms with Crippen molar-refractivity contribution in [2.75, 3.05) is 59.4 Å². The van der Waals surface area contributed by atoms with E-state index in [2.05, 4.69) is 16.8 Å². The fourth-order valence-corrected chi connectivity index (χ4v) is 2.21. The lowest BCUT2D eigenvalue weighted by Gasteiger charge is -2.32. The number of carbonyl (C=O) groups excluding carboxylic acids is 1. The smallest absolute Gasteiger partial charge is 0.410 e. The standard InChI is InChI=1S/C11H22N4O2/c1-13-2-4-14(5-3-13)6-7-15-9-10(8-12)17-11(15)16/h10H,2-9,12H2,1H3. The van der Waals surface area contributed by atoms with Gasteiger partial charge in [0.05, 0.1) is 6.54 Å². The van der Waals surface area contributed by atoms with Crippen LogP contribution in [0.5, 0.6) is 0 Å². The van der Waals surface area contributed by atoms with Gasteiger partial charge in [0, 0.05) is 45.8 Å². The van der Waals surface area contributed by atoms with Crippen molar-refractivity contribution in [3.05, 3.63) is 0 Å². The van der Waals surface area contributed by atoms with Gasteiger partial charge in [0.2, 0.25) is 0 Å². The molecule has 6 nitrogen and oxygen atoms in total. The van der Waals surface area contributed by atoms with E-state index in [1.165, 1.54) is 0 Å². The summed E-state index contributed by atoms with van der Waals surface area (Å²) in [5, 5.41) is 0.